The topological polar surface area (TPSA) is 71.9 Å². The summed E-state index contributed by atoms with van der Waals surface area (Å²) < 4.78 is 5.53. The zero-order valence-electron chi connectivity index (χ0n) is 9.13. The van der Waals surface area contributed by atoms with Crippen molar-refractivity contribution in [2.75, 3.05) is 5.73 Å². The van der Waals surface area contributed by atoms with Gasteiger partial charge < -0.3 is 10.5 Å². The fraction of sp³-hybridized carbons (Fsp3) is 0.0769. The van der Waals surface area contributed by atoms with Gasteiger partial charge >= 0.3 is 0 Å². The molecule has 0 aliphatic heterocycles. The number of hydrogen-bond acceptors (Lipinski definition) is 4. The molecule has 0 atom stereocenters. The lowest BCUT2D eigenvalue weighted by Gasteiger charge is -2.08. The highest BCUT2D eigenvalue weighted by Crippen LogP contribution is 2.20. The minimum absolute atomic E-state index is 0.292. The van der Waals surface area contributed by atoms with Gasteiger partial charge in [-0.25, -0.2) is 4.98 Å². The maximum absolute atomic E-state index is 8.75. The molecule has 0 fully saturated rings. The number of pyridine rings is 1. The molecular formula is C13H11N3O. The highest BCUT2D eigenvalue weighted by molar-refractivity contribution is 5.49. The van der Waals surface area contributed by atoms with Crippen molar-refractivity contribution >= 4 is 5.82 Å². The molecule has 2 N–H and O–H groups in total. The number of nitrogens with two attached hydrogens (primary N) is 1. The number of aromatic nitrogens is 1. The number of anilines is 1. The van der Waals surface area contributed by atoms with Gasteiger partial charge in [-0.05, 0) is 5.56 Å². The van der Waals surface area contributed by atoms with Crippen molar-refractivity contribution in [3.8, 4) is 11.8 Å². The highest BCUT2D eigenvalue weighted by atomic mass is 16.5. The summed E-state index contributed by atoms with van der Waals surface area (Å²) in [4.78, 5) is 3.89. The minimum atomic E-state index is 0.292. The summed E-state index contributed by atoms with van der Waals surface area (Å²) in [6.07, 6.45) is 1.42. The van der Waals surface area contributed by atoms with Crippen molar-refractivity contribution in [1.29, 1.82) is 5.26 Å². The average Bonchev–Trinajstić information content (AvgIpc) is 2.39. The maximum atomic E-state index is 8.75. The smallest absolute Gasteiger partial charge is 0.166 e. The number of nitrogen functional groups attached to an aromatic ring is 1. The van der Waals surface area contributed by atoms with Crippen LogP contribution in [0.5, 0.6) is 5.75 Å². The largest absolute Gasteiger partial charge is 0.485 e. The van der Waals surface area contributed by atoms with Crippen LogP contribution in [-0.4, -0.2) is 4.98 Å². The first-order valence-corrected chi connectivity index (χ1v) is 5.12. The molecule has 0 spiro atoms. The first-order chi connectivity index (χ1) is 8.29. The quantitative estimate of drug-likeness (QED) is 0.868. The molecule has 17 heavy (non-hydrogen) atoms. The third kappa shape index (κ3) is 2.73. The molecule has 0 amide bonds. The van der Waals surface area contributed by atoms with E-state index in [1.807, 2.05) is 36.4 Å². The van der Waals surface area contributed by atoms with Crippen molar-refractivity contribution < 1.29 is 4.74 Å². The van der Waals surface area contributed by atoms with Gasteiger partial charge in [-0.1, -0.05) is 30.3 Å². The van der Waals surface area contributed by atoms with Gasteiger partial charge in [0.2, 0.25) is 0 Å². The summed E-state index contributed by atoms with van der Waals surface area (Å²) in [5, 5.41) is 8.75. The number of benzene rings is 1. The van der Waals surface area contributed by atoms with E-state index >= 15 is 0 Å². The van der Waals surface area contributed by atoms with Gasteiger partial charge in [0, 0.05) is 12.3 Å². The second-order valence-electron chi connectivity index (χ2n) is 3.49. The van der Waals surface area contributed by atoms with Crippen LogP contribution < -0.4 is 10.5 Å². The Morgan fingerprint density at radius 3 is 2.76 bits per heavy atom. The predicted molar refractivity (Wildman–Crippen MR) is 64.1 cm³/mol. The molecule has 2 aromatic rings. The monoisotopic (exact) mass is 225 g/mol. The summed E-state index contributed by atoms with van der Waals surface area (Å²) in [6.45, 7) is 0.404. The first-order valence-electron chi connectivity index (χ1n) is 5.12. The van der Waals surface area contributed by atoms with Crippen LogP contribution in [0.2, 0.25) is 0 Å². The lowest BCUT2D eigenvalue weighted by atomic mass is 10.2. The number of hydrogen-bond donors (Lipinski definition) is 1. The molecule has 4 heteroatoms. The molecule has 0 aliphatic rings. The highest BCUT2D eigenvalue weighted by Gasteiger charge is 2.03. The van der Waals surface area contributed by atoms with Crippen LogP contribution in [0.25, 0.3) is 0 Å². The molecule has 0 saturated carbocycles. The Kier molecular flexibility index (Phi) is 3.22. The Morgan fingerprint density at radius 1 is 1.29 bits per heavy atom. The number of ether oxygens (including phenoxy) is 1. The van der Waals surface area contributed by atoms with Crippen LogP contribution >= 0.6 is 0 Å². The summed E-state index contributed by atoms with van der Waals surface area (Å²) in [7, 11) is 0. The zero-order chi connectivity index (χ0) is 12.1. The normalized spacial score (nSPS) is 9.59. The number of rotatable bonds is 3. The molecule has 0 aliphatic carbocycles. The molecular weight excluding hydrogens is 214 g/mol. The van der Waals surface area contributed by atoms with Gasteiger partial charge in [0.15, 0.2) is 11.6 Å². The van der Waals surface area contributed by atoms with E-state index in [1.165, 1.54) is 6.20 Å². The fourth-order valence-electron chi connectivity index (χ4n) is 1.37. The van der Waals surface area contributed by atoms with Crippen LogP contribution in [0, 0.1) is 11.3 Å². The van der Waals surface area contributed by atoms with Gasteiger partial charge in [0.1, 0.15) is 12.7 Å². The summed E-state index contributed by atoms with van der Waals surface area (Å²) >= 11 is 0. The summed E-state index contributed by atoms with van der Waals surface area (Å²) in [5.74, 6) is 0.729. The van der Waals surface area contributed by atoms with E-state index in [2.05, 4.69) is 4.98 Å². The van der Waals surface area contributed by atoms with E-state index < -0.39 is 0 Å². The minimum Gasteiger partial charge on any atom is -0.485 e. The van der Waals surface area contributed by atoms with Crippen LogP contribution in [0.15, 0.2) is 42.6 Å². The Labute approximate surface area is 99.3 Å². The van der Waals surface area contributed by atoms with Crippen LogP contribution in [0.4, 0.5) is 5.82 Å². The van der Waals surface area contributed by atoms with Crippen molar-refractivity contribution in [3.63, 3.8) is 0 Å². The Hall–Kier alpha value is -2.54. The number of nitriles is 1. The molecule has 0 radical (unpaired) electrons. The standard InChI is InChI=1S/C13H11N3O/c14-7-11-6-12(13(15)16-8-11)17-9-10-4-2-1-3-5-10/h1-6,8H,9H2,(H2,15,16). The van der Waals surface area contributed by atoms with Gasteiger partial charge in [0.25, 0.3) is 0 Å². The van der Waals surface area contributed by atoms with Gasteiger partial charge in [-0.2, -0.15) is 5.26 Å². The van der Waals surface area contributed by atoms with E-state index in [0.717, 1.165) is 5.56 Å². The van der Waals surface area contributed by atoms with Gasteiger partial charge in [-0.15, -0.1) is 0 Å². The molecule has 1 heterocycles. The van der Waals surface area contributed by atoms with E-state index in [0.29, 0.717) is 23.7 Å². The summed E-state index contributed by atoms with van der Waals surface area (Å²) in [6, 6.07) is 13.3. The van der Waals surface area contributed by atoms with Crippen molar-refractivity contribution in [2.24, 2.45) is 0 Å². The van der Waals surface area contributed by atoms with E-state index in [-0.39, 0.29) is 0 Å². The lowest BCUT2D eigenvalue weighted by molar-refractivity contribution is 0.307. The Morgan fingerprint density at radius 2 is 2.06 bits per heavy atom. The Bertz CT molecular complexity index is 546. The van der Waals surface area contributed by atoms with E-state index in [9.17, 15) is 0 Å². The molecule has 4 nitrogen and oxygen atoms in total. The summed E-state index contributed by atoms with van der Waals surface area (Å²) in [5.41, 5.74) is 7.13. The third-order valence-electron chi connectivity index (χ3n) is 2.25. The fourth-order valence-corrected chi connectivity index (χ4v) is 1.37. The first kappa shape index (κ1) is 11.0. The molecule has 1 aromatic carbocycles. The number of nitrogens with zero attached hydrogens (tertiary/aromatic N) is 2. The average molecular weight is 225 g/mol. The van der Waals surface area contributed by atoms with Crippen molar-refractivity contribution in [3.05, 3.63) is 53.7 Å². The molecule has 1 aromatic heterocycles. The molecule has 84 valence electrons. The van der Waals surface area contributed by atoms with Gasteiger partial charge in [-0.3, -0.25) is 0 Å². The third-order valence-corrected chi connectivity index (χ3v) is 2.25. The van der Waals surface area contributed by atoms with Crippen molar-refractivity contribution in [2.45, 2.75) is 6.61 Å². The van der Waals surface area contributed by atoms with E-state index in [1.54, 1.807) is 6.07 Å². The van der Waals surface area contributed by atoms with Crippen LogP contribution in [0.3, 0.4) is 0 Å². The molecule has 0 saturated heterocycles. The van der Waals surface area contributed by atoms with Crippen LogP contribution in [-0.2, 0) is 6.61 Å². The predicted octanol–water partition coefficient (Wildman–Crippen LogP) is 2.11. The molecule has 0 bridgehead atoms. The molecule has 0 unspecified atom stereocenters. The molecule has 2 rings (SSSR count). The van der Waals surface area contributed by atoms with Crippen molar-refractivity contribution in [1.82, 2.24) is 4.98 Å². The van der Waals surface area contributed by atoms with Crippen LogP contribution in [0.1, 0.15) is 11.1 Å². The Balaban J connectivity index is 2.12. The second kappa shape index (κ2) is 4.99. The van der Waals surface area contributed by atoms with Gasteiger partial charge in [0.05, 0.1) is 5.56 Å². The lowest BCUT2D eigenvalue weighted by Crippen LogP contribution is -2.00. The van der Waals surface area contributed by atoms with E-state index in [4.69, 9.17) is 15.7 Å². The zero-order valence-corrected chi connectivity index (χ0v) is 9.13. The SMILES string of the molecule is N#Cc1cnc(N)c(OCc2ccccc2)c1. The maximum Gasteiger partial charge on any atom is 0.166 e. The second-order valence-corrected chi connectivity index (χ2v) is 3.49.